The Balaban J connectivity index is 1.93. The molecule has 3 nitrogen and oxygen atoms in total. The maximum absolute atomic E-state index is 9.86. The zero-order valence-electron chi connectivity index (χ0n) is 10.1. The van der Waals surface area contributed by atoms with Crippen LogP contribution in [0.3, 0.4) is 0 Å². The molecule has 17 heavy (non-hydrogen) atoms. The van der Waals surface area contributed by atoms with Gasteiger partial charge in [0.25, 0.3) is 0 Å². The van der Waals surface area contributed by atoms with Crippen LogP contribution in [-0.2, 0) is 11.2 Å². The Morgan fingerprint density at radius 3 is 2.53 bits per heavy atom. The van der Waals surface area contributed by atoms with E-state index < -0.39 is 12.4 Å². The van der Waals surface area contributed by atoms with Crippen LogP contribution in [0, 0.1) is 5.92 Å². The Morgan fingerprint density at radius 1 is 1.18 bits per heavy atom. The van der Waals surface area contributed by atoms with Crippen LogP contribution >= 0.6 is 0 Å². The minimum Gasteiger partial charge on any atom is -0.387 e. The van der Waals surface area contributed by atoms with Gasteiger partial charge in [-0.25, -0.2) is 0 Å². The van der Waals surface area contributed by atoms with Crippen molar-refractivity contribution >= 4 is 0 Å². The average molecular weight is 236 g/mol. The maximum Gasteiger partial charge on any atom is 0.181 e. The van der Waals surface area contributed by atoms with E-state index in [9.17, 15) is 10.2 Å². The maximum atomic E-state index is 9.86. The molecule has 1 aliphatic heterocycles. The minimum atomic E-state index is -1.01. The fraction of sp³-hybridized carbons (Fsp3) is 0.571. The lowest BCUT2D eigenvalue weighted by atomic mass is 9.90. The van der Waals surface area contributed by atoms with Gasteiger partial charge in [0.1, 0.15) is 6.10 Å². The second-order valence-corrected chi connectivity index (χ2v) is 4.65. The highest BCUT2D eigenvalue weighted by Gasteiger charge is 2.41. The smallest absolute Gasteiger partial charge is 0.181 e. The molecule has 0 aromatic heterocycles. The van der Waals surface area contributed by atoms with Crippen molar-refractivity contribution in [3.63, 3.8) is 0 Å². The Kier molecular flexibility index (Phi) is 4.15. The molecule has 1 aromatic carbocycles. The van der Waals surface area contributed by atoms with Crippen molar-refractivity contribution < 1.29 is 14.9 Å². The van der Waals surface area contributed by atoms with Gasteiger partial charge in [0, 0.05) is 5.92 Å². The summed E-state index contributed by atoms with van der Waals surface area (Å²) in [5.41, 5.74) is 1.26. The van der Waals surface area contributed by atoms with Crippen molar-refractivity contribution in [3.8, 4) is 0 Å². The van der Waals surface area contributed by atoms with Gasteiger partial charge in [0.2, 0.25) is 0 Å². The molecule has 1 aromatic rings. The molecule has 1 saturated heterocycles. The standard InChI is InChI=1S/C14H20O3/c1-2-12-11(13(15)14(16)17-12)9-8-10-6-4-3-5-7-10/h3-7,11-16H,2,8-9H2,1H3/t11?,12-,13+,14+/m1/s1. The highest BCUT2D eigenvalue weighted by Crippen LogP contribution is 2.31. The van der Waals surface area contributed by atoms with E-state index in [1.54, 1.807) is 0 Å². The SMILES string of the molecule is CC[C@H]1O[C@H](O)[C@@H](O)C1CCc1ccccc1. The van der Waals surface area contributed by atoms with E-state index in [0.29, 0.717) is 0 Å². The first kappa shape index (κ1) is 12.6. The molecule has 94 valence electrons. The molecule has 1 aliphatic rings. The third-order valence-corrected chi connectivity index (χ3v) is 3.53. The Hall–Kier alpha value is -0.900. The molecular weight excluding hydrogens is 216 g/mol. The van der Waals surface area contributed by atoms with Gasteiger partial charge in [-0.05, 0) is 24.8 Å². The first-order valence-corrected chi connectivity index (χ1v) is 6.28. The molecule has 1 heterocycles. The molecule has 1 unspecified atom stereocenters. The Morgan fingerprint density at radius 2 is 1.88 bits per heavy atom. The molecule has 4 atom stereocenters. The van der Waals surface area contributed by atoms with E-state index >= 15 is 0 Å². The summed E-state index contributed by atoms with van der Waals surface area (Å²) in [4.78, 5) is 0. The summed E-state index contributed by atoms with van der Waals surface area (Å²) in [5.74, 6) is 0.0372. The van der Waals surface area contributed by atoms with Crippen LogP contribution in [0.1, 0.15) is 25.3 Å². The molecule has 0 spiro atoms. The predicted molar refractivity (Wildman–Crippen MR) is 65.4 cm³/mol. The van der Waals surface area contributed by atoms with Gasteiger partial charge in [0.15, 0.2) is 6.29 Å². The molecule has 2 rings (SSSR count). The van der Waals surface area contributed by atoms with Crippen LogP contribution in [0.2, 0.25) is 0 Å². The average Bonchev–Trinajstić information content (AvgIpc) is 2.64. The molecule has 0 aliphatic carbocycles. The summed E-state index contributed by atoms with van der Waals surface area (Å²) >= 11 is 0. The zero-order valence-corrected chi connectivity index (χ0v) is 10.1. The van der Waals surface area contributed by atoms with Crippen LogP contribution in [0.25, 0.3) is 0 Å². The number of hydrogen-bond donors (Lipinski definition) is 2. The number of aliphatic hydroxyl groups excluding tert-OH is 2. The largest absolute Gasteiger partial charge is 0.387 e. The zero-order chi connectivity index (χ0) is 12.3. The first-order valence-electron chi connectivity index (χ1n) is 6.28. The number of aliphatic hydroxyl groups is 2. The lowest BCUT2D eigenvalue weighted by Gasteiger charge is -2.18. The van der Waals surface area contributed by atoms with Crippen LogP contribution in [-0.4, -0.2) is 28.7 Å². The fourth-order valence-electron chi connectivity index (χ4n) is 2.53. The van der Waals surface area contributed by atoms with Gasteiger partial charge in [-0.1, -0.05) is 37.3 Å². The van der Waals surface area contributed by atoms with Gasteiger partial charge < -0.3 is 14.9 Å². The summed E-state index contributed by atoms with van der Waals surface area (Å²) in [6.45, 7) is 2.02. The third kappa shape index (κ3) is 2.86. The van der Waals surface area contributed by atoms with E-state index in [1.807, 2.05) is 25.1 Å². The summed E-state index contributed by atoms with van der Waals surface area (Å²) in [7, 11) is 0. The van der Waals surface area contributed by atoms with Crippen molar-refractivity contribution in [2.75, 3.05) is 0 Å². The van der Waals surface area contributed by atoms with Gasteiger partial charge in [-0.3, -0.25) is 0 Å². The van der Waals surface area contributed by atoms with Crippen LogP contribution < -0.4 is 0 Å². The van der Waals surface area contributed by atoms with Crippen molar-refractivity contribution in [2.24, 2.45) is 5.92 Å². The number of ether oxygens (including phenoxy) is 1. The quantitative estimate of drug-likeness (QED) is 0.837. The Labute approximate surface area is 102 Å². The topological polar surface area (TPSA) is 49.7 Å². The van der Waals surface area contributed by atoms with Gasteiger partial charge >= 0.3 is 0 Å². The summed E-state index contributed by atoms with van der Waals surface area (Å²) < 4.78 is 5.33. The highest BCUT2D eigenvalue weighted by atomic mass is 16.6. The molecule has 1 fully saturated rings. The Bertz CT molecular complexity index is 339. The number of rotatable bonds is 4. The molecule has 2 N–H and O–H groups in total. The molecule has 0 amide bonds. The summed E-state index contributed by atoms with van der Waals surface area (Å²) in [6.07, 6.45) is 0.803. The van der Waals surface area contributed by atoms with Crippen LogP contribution in [0.5, 0.6) is 0 Å². The number of benzene rings is 1. The molecule has 0 bridgehead atoms. The lowest BCUT2D eigenvalue weighted by molar-refractivity contribution is -0.127. The van der Waals surface area contributed by atoms with Gasteiger partial charge in [-0.2, -0.15) is 0 Å². The highest BCUT2D eigenvalue weighted by molar-refractivity contribution is 5.14. The molecule has 0 radical (unpaired) electrons. The fourth-order valence-corrected chi connectivity index (χ4v) is 2.53. The monoisotopic (exact) mass is 236 g/mol. The second-order valence-electron chi connectivity index (χ2n) is 4.65. The molecule has 0 saturated carbocycles. The number of aryl methyl sites for hydroxylation is 1. The van der Waals surface area contributed by atoms with Crippen LogP contribution in [0.4, 0.5) is 0 Å². The minimum absolute atomic E-state index is 0.0243. The van der Waals surface area contributed by atoms with Gasteiger partial charge in [0.05, 0.1) is 6.10 Å². The van der Waals surface area contributed by atoms with Crippen molar-refractivity contribution in [1.82, 2.24) is 0 Å². The number of hydrogen-bond acceptors (Lipinski definition) is 3. The van der Waals surface area contributed by atoms with Gasteiger partial charge in [-0.15, -0.1) is 0 Å². The van der Waals surface area contributed by atoms with Crippen molar-refractivity contribution in [2.45, 2.75) is 44.7 Å². The van der Waals surface area contributed by atoms with Crippen molar-refractivity contribution in [1.29, 1.82) is 0 Å². The van der Waals surface area contributed by atoms with E-state index in [0.717, 1.165) is 19.3 Å². The van der Waals surface area contributed by atoms with E-state index in [2.05, 4.69) is 12.1 Å². The summed E-state index contributed by atoms with van der Waals surface area (Å²) in [6, 6.07) is 10.2. The first-order chi connectivity index (χ1) is 8.22. The van der Waals surface area contributed by atoms with E-state index in [-0.39, 0.29) is 12.0 Å². The second kappa shape index (κ2) is 5.63. The van der Waals surface area contributed by atoms with Crippen LogP contribution in [0.15, 0.2) is 30.3 Å². The van der Waals surface area contributed by atoms with E-state index in [1.165, 1.54) is 5.56 Å². The van der Waals surface area contributed by atoms with E-state index in [4.69, 9.17) is 4.74 Å². The van der Waals surface area contributed by atoms with Crippen molar-refractivity contribution in [3.05, 3.63) is 35.9 Å². The summed E-state index contributed by atoms with van der Waals surface area (Å²) in [5, 5.41) is 19.4. The third-order valence-electron chi connectivity index (χ3n) is 3.53. The normalized spacial score (nSPS) is 32.9. The molecule has 3 heteroatoms. The molecular formula is C14H20O3. The lowest BCUT2D eigenvalue weighted by Crippen LogP contribution is -2.27. The predicted octanol–water partition coefficient (Wildman–Crippen LogP) is 1.72.